The number of thiophene rings is 1. The quantitative estimate of drug-likeness (QED) is 0.869. The monoisotopic (exact) mass is 286 g/mol. The topological polar surface area (TPSA) is 29.5 Å². The summed E-state index contributed by atoms with van der Waals surface area (Å²) < 4.78 is 5.81. The third kappa shape index (κ3) is 4.41. The van der Waals surface area contributed by atoms with Crippen molar-refractivity contribution in [3.05, 3.63) is 51.2 Å². The summed E-state index contributed by atoms with van der Waals surface area (Å²) in [6.45, 7) is 4.82. The number of hydrogen-bond acceptors (Lipinski definition) is 3. The van der Waals surface area contributed by atoms with Crippen molar-refractivity contribution in [1.29, 1.82) is 0 Å². The highest BCUT2D eigenvalue weighted by atomic mass is 32.1. The highest BCUT2D eigenvalue weighted by Gasteiger charge is 2.01. The van der Waals surface area contributed by atoms with Crippen LogP contribution in [0.4, 0.5) is 0 Å². The lowest BCUT2D eigenvalue weighted by molar-refractivity contribution is 0.305. The number of aliphatic hydroxyl groups excluding tert-OH is 1. The van der Waals surface area contributed by atoms with Crippen LogP contribution in [0.25, 0.3) is 0 Å². The van der Waals surface area contributed by atoms with Gasteiger partial charge in [-0.15, -0.1) is 11.3 Å². The number of aliphatic hydroxyl groups is 1. The van der Waals surface area contributed by atoms with Gasteiger partial charge in [-0.25, -0.2) is 0 Å². The summed E-state index contributed by atoms with van der Waals surface area (Å²) in [4.78, 5) is 2.16. The molecular weight excluding hydrogens is 268 g/mol. The van der Waals surface area contributed by atoms with Crippen molar-refractivity contribution < 1.29 is 9.84 Å². The van der Waals surface area contributed by atoms with E-state index < -0.39 is 0 Å². The molecule has 0 unspecified atom stereocenters. The summed E-state index contributed by atoms with van der Waals surface area (Å²) in [5, 5.41) is 8.69. The van der Waals surface area contributed by atoms with Crippen LogP contribution >= 0.6 is 11.3 Å². The van der Waals surface area contributed by atoms with E-state index in [1.54, 1.807) is 11.3 Å². The molecule has 0 aliphatic heterocycles. The second-order valence-corrected chi connectivity index (χ2v) is 5.82. The highest BCUT2D eigenvalue weighted by Crippen LogP contribution is 2.20. The molecule has 0 spiro atoms. The van der Waals surface area contributed by atoms with Crippen molar-refractivity contribution >= 4 is 11.3 Å². The first-order valence-electron chi connectivity index (χ1n) is 6.57. The van der Waals surface area contributed by atoms with Crippen LogP contribution in [0.3, 0.4) is 0 Å². The first-order chi connectivity index (χ1) is 9.67. The van der Waals surface area contributed by atoms with Gasteiger partial charge in [0.05, 0.1) is 11.5 Å². The SMILES string of the molecule is Cc1cc(C)cc(OCc2ccc(C#CCCO)s2)c1. The van der Waals surface area contributed by atoms with Crippen LogP contribution < -0.4 is 4.74 Å². The molecule has 104 valence electrons. The zero-order chi connectivity index (χ0) is 14.4. The van der Waals surface area contributed by atoms with Crippen molar-refractivity contribution in [3.63, 3.8) is 0 Å². The third-order valence-corrected chi connectivity index (χ3v) is 3.66. The lowest BCUT2D eigenvalue weighted by Crippen LogP contribution is -1.93. The van der Waals surface area contributed by atoms with Crippen LogP contribution in [-0.2, 0) is 6.61 Å². The van der Waals surface area contributed by atoms with Crippen molar-refractivity contribution in [2.75, 3.05) is 6.61 Å². The maximum Gasteiger partial charge on any atom is 0.122 e. The number of hydrogen-bond donors (Lipinski definition) is 1. The molecule has 2 nitrogen and oxygen atoms in total. The van der Waals surface area contributed by atoms with Crippen molar-refractivity contribution in [2.24, 2.45) is 0 Å². The molecule has 0 aliphatic rings. The van der Waals surface area contributed by atoms with E-state index in [2.05, 4.69) is 31.8 Å². The average Bonchev–Trinajstić information content (AvgIpc) is 2.84. The fourth-order valence-corrected chi connectivity index (χ4v) is 2.69. The van der Waals surface area contributed by atoms with E-state index in [1.165, 1.54) is 11.1 Å². The van der Waals surface area contributed by atoms with Crippen LogP contribution in [-0.4, -0.2) is 11.7 Å². The van der Waals surface area contributed by atoms with Gasteiger partial charge in [-0.1, -0.05) is 17.9 Å². The van der Waals surface area contributed by atoms with Crippen molar-refractivity contribution in [3.8, 4) is 17.6 Å². The fraction of sp³-hybridized carbons (Fsp3) is 0.294. The molecule has 0 radical (unpaired) electrons. The Morgan fingerprint density at radius 1 is 1.15 bits per heavy atom. The predicted molar refractivity (Wildman–Crippen MR) is 83.1 cm³/mol. The van der Waals surface area contributed by atoms with Gasteiger partial charge in [0.15, 0.2) is 0 Å². The molecular formula is C17H18O2S. The van der Waals surface area contributed by atoms with Gasteiger partial charge < -0.3 is 9.84 Å². The van der Waals surface area contributed by atoms with Gasteiger partial charge in [0.25, 0.3) is 0 Å². The molecule has 0 atom stereocenters. The van der Waals surface area contributed by atoms with Crippen molar-refractivity contribution in [1.82, 2.24) is 0 Å². The van der Waals surface area contributed by atoms with E-state index in [1.807, 2.05) is 24.3 Å². The highest BCUT2D eigenvalue weighted by molar-refractivity contribution is 7.12. The Labute approximate surface area is 124 Å². The van der Waals surface area contributed by atoms with E-state index in [9.17, 15) is 0 Å². The molecule has 0 fully saturated rings. The van der Waals surface area contributed by atoms with Crippen LogP contribution in [0.15, 0.2) is 30.3 Å². The van der Waals surface area contributed by atoms with Gasteiger partial charge in [-0.3, -0.25) is 0 Å². The lowest BCUT2D eigenvalue weighted by atomic mass is 10.1. The minimum Gasteiger partial charge on any atom is -0.488 e. The Morgan fingerprint density at radius 2 is 1.90 bits per heavy atom. The maximum absolute atomic E-state index is 8.69. The molecule has 1 aromatic heterocycles. The van der Waals surface area contributed by atoms with Gasteiger partial charge in [-0.05, 0) is 49.2 Å². The third-order valence-electron chi connectivity index (χ3n) is 2.69. The summed E-state index contributed by atoms with van der Waals surface area (Å²) >= 11 is 1.63. The van der Waals surface area contributed by atoms with Gasteiger partial charge in [-0.2, -0.15) is 0 Å². The van der Waals surface area contributed by atoms with E-state index in [4.69, 9.17) is 9.84 Å². The molecule has 1 heterocycles. The van der Waals surface area contributed by atoms with Crippen LogP contribution in [0.5, 0.6) is 5.75 Å². The predicted octanol–water partition coefficient (Wildman–Crippen LogP) is 3.68. The normalized spacial score (nSPS) is 9.95. The Kier molecular flexibility index (Phi) is 5.23. The second kappa shape index (κ2) is 7.14. The molecule has 20 heavy (non-hydrogen) atoms. The van der Waals surface area contributed by atoms with Crippen molar-refractivity contribution in [2.45, 2.75) is 26.9 Å². The van der Waals surface area contributed by atoms with E-state index in [0.717, 1.165) is 15.5 Å². The molecule has 3 heteroatoms. The molecule has 2 rings (SSSR count). The Hall–Kier alpha value is -1.76. The van der Waals surface area contributed by atoms with Gasteiger partial charge in [0, 0.05) is 11.3 Å². The number of ether oxygens (including phenoxy) is 1. The lowest BCUT2D eigenvalue weighted by Gasteiger charge is -2.06. The summed E-state index contributed by atoms with van der Waals surface area (Å²) in [5.41, 5.74) is 2.42. The number of aryl methyl sites for hydroxylation is 2. The zero-order valence-electron chi connectivity index (χ0n) is 11.8. The van der Waals surface area contributed by atoms with E-state index in [0.29, 0.717) is 13.0 Å². The molecule has 1 aromatic carbocycles. The molecule has 1 N–H and O–H groups in total. The Morgan fingerprint density at radius 3 is 2.60 bits per heavy atom. The van der Waals surface area contributed by atoms with Gasteiger partial charge >= 0.3 is 0 Å². The minimum atomic E-state index is 0.112. The zero-order valence-corrected chi connectivity index (χ0v) is 12.6. The fourth-order valence-electron chi connectivity index (χ4n) is 1.90. The Balaban J connectivity index is 1.96. The standard InChI is InChI=1S/C17H18O2S/c1-13-9-14(2)11-15(10-13)19-12-17-7-6-16(20-17)5-3-4-8-18/h6-7,9-11,18H,4,8,12H2,1-2H3. The summed E-state index contributed by atoms with van der Waals surface area (Å²) in [6, 6.07) is 10.3. The molecule has 2 aromatic rings. The maximum atomic E-state index is 8.69. The molecule has 0 bridgehead atoms. The number of rotatable bonds is 4. The first-order valence-corrected chi connectivity index (χ1v) is 7.38. The molecule has 0 saturated heterocycles. The van der Waals surface area contributed by atoms with Crippen LogP contribution in [0, 0.1) is 25.7 Å². The van der Waals surface area contributed by atoms with Gasteiger partial charge in [0.2, 0.25) is 0 Å². The van der Waals surface area contributed by atoms with Gasteiger partial charge in [0.1, 0.15) is 12.4 Å². The second-order valence-electron chi connectivity index (χ2n) is 4.65. The first kappa shape index (κ1) is 14.6. The van der Waals surface area contributed by atoms with Crippen LogP contribution in [0.1, 0.15) is 27.3 Å². The molecule has 0 amide bonds. The van der Waals surface area contributed by atoms with E-state index >= 15 is 0 Å². The summed E-state index contributed by atoms with van der Waals surface area (Å²) in [5.74, 6) is 6.86. The van der Waals surface area contributed by atoms with E-state index in [-0.39, 0.29) is 6.61 Å². The largest absolute Gasteiger partial charge is 0.488 e. The number of benzene rings is 1. The average molecular weight is 286 g/mol. The molecule has 0 aliphatic carbocycles. The minimum absolute atomic E-state index is 0.112. The van der Waals surface area contributed by atoms with Crippen LogP contribution in [0.2, 0.25) is 0 Å². The summed E-state index contributed by atoms with van der Waals surface area (Å²) in [6.07, 6.45) is 0.520. The summed E-state index contributed by atoms with van der Waals surface area (Å²) in [7, 11) is 0. The smallest absolute Gasteiger partial charge is 0.122 e. The molecule has 0 saturated carbocycles. The Bertz CT molecular complexity index is 612.